The second-order valence-electron chi connectivity index (χ2n) is 2.20. The number of rotatable bonds is 5. The minimum Gasteiger partial charge on any atom is -0.394 e. The SMILES string of the molecule is [2H][13C@](O)([C@H](O)[C@H](O)CO)[C@@H](O)C=O. The summed E-state index contributed by atoms with van der Waals surface area (Å²) in [6.07, 6.45) is -9.15. The summed E-state index contributed by atoms with van der Waals surface area (Å²) in [5.74, 6) is 0. The highest BCUT2D eigenvalue weighted by atomic mass is 16.4. The monoisotopic (exact) mass is 182 g/mol. The summed E-state index contributed by atoms with van der Waals surface area (Å²) >= 11 is 0. The van der Waals surface area contributed by atoms with Crippen LogP contribution in [0.3, 0.4) is 0 Å². The van der Waals surface area contributed by atoms with Gasteiger partial charge in [-0.25, -0.2) is 0 Å². The molecule has 6 heteroatoms. The van der Waals surface area contributed by atoms with E-state index >= 15 is 0 Å². The summed E-state index contributed by atoms with van der Waals surface area (Å²) in [4.78, 5) is 9.98. The molecule has 6 nitrogen and oxygen atoms in total. The van der Waals surface area contributed by atoms with E-state index in [1.54, 1.807) is 0 Å². The van der Waals surface area contributed by atoms with Crippen LogP contribution in [-0.4, -0.2) is 62.8 Å². The Morgan fingerprint density at radius 2 is 1.83 bits per heavy atom. The van der Waals surface area contributed by atoms with Gasteiger partial charge >= 0.3 is 0 Å². The molecular formula is C6H12O6. The average molecular weight is 182 g/mol. The van der Waals surface area contributed by atoms with Gasteiger partial charge in [0.15, 0.2) is 6.29 Å². The molecule has 0 rings (SSSR count). The molecule has 0 amide bonds. The van der Waals surface area contributed by atoms with Crippen molar-refractivity contribution in [1.29, 1.82) is 0 Å². The van der Waals surface area contributed by atoms with Crippen molar-refractivity contribution < 1.29 is 31.7 Å². The molecule has 0 saturated heterocycles. The lowest BCUT2D eigenvalue weighted by atomic mass is 10.2. The lowest BCUT2D eigenvalue weighted by Crippen LogP contribution is -2.46. The first-order chi connectivity index (χ1) is 5.87. The first-order valence-corrected chi connectivity index (χ1v) is 3.20. The van der Waals surface area contributed by atoms with Gasteiger partial charge in [0.2, 0.25) is 0 Å². The molecule has 0 fully saturated rings. The van der Waals surface area contributed by atoms with E-state index in [0.717, 1.165) is 0 Å². The minimum absolute atomic E-state index is 0.152. The Kier molecular flexibility index (Phi) is 4.12. The van der Waals surface area contributed by atoms with Gasteiger partial charge in [0.1, 0.15) is 24.4 Å². The van der Waals surface area contributed by atoms with Crippen LogP contribution in [0.2, 0.25) is 0 Å². The third-order valence-corrected chi connectivity index (χ3v) is 1.29. The number of hydrogen-bond acceptors (Lipinski definition) is 6. The summed E-state index contributed by atoms with van der Waals surface area (Å²) in [6, 6.07) is 0. The van der Waals surface area contributed by atoms with E-state index in [0.29, 0.717) is 0 Å². The van der Waals surface area contributed by atoms with Crippen molar-refractivity contribution >= 4 is 6.29 Å². The van der Waals surface area contributed by atoms with E-state index in [4.69, 9.17) is 26.9 Å². The number of aliphatic hydroxyl groups is 5. The minimum atomic E-state index is -2.93. The Balaban J connectivity index is 4.51. The summed E-state index contributed by atoms with van der Waals surface area (Å²) in [5, 5.41) is 43.9. The van der Waals surface area contributed by atoms with E-state index in [-0.39, 0.29) is 6.29 Å². The van der Waals surface area contributed by atoms with Gasteiger partial charge in [-0.15, -0.1) is 0 Å². The van der Waals surface area contributed by atoms with Gasteiger partial charge in [-0.1, -0.05) is 0 Å². The largest absolute Gasteiger partial charge is 0.394 e. The van der Waals surface area contributed by atoms with Crippen LogP contribution in [0.1, 0.15) is 1.37 Å². The van der Waals surface area contributed by atoms with Crippen LogP contribution in [0, 0.1) is 0 Å². The van der Waals surface area contributed by atoms with Gasteiger partial charge in [-0.2, -0.15) is 0 Å². The maximum absolute atomic E-state index is 9.98. The molecule has 0 aromatic rings. The Labute approximate surface area is 70.1 Å². The van der Waals surface area contributed by atoms with Gasteiger partial charge in [-0.3, -0.25) is 0 Å². The summed E-state index contributed by atoms with van der Waals surface area (Å²) < 4.78 is 6.93. The van der Waals surface area contributed by atoms with Gasteiger partial charge in [0.25, 0.3) is 0 Å². The first kappa shape index (κ1) is 9.56. The zero-order valence-corrected chi connectivity index (χ0v) is 6.16. The van der Waals surface area contributed by atoms with Crippen molar-refractivity contribution in [2.24, 2.45) is 0 Å². The van der Waals surface area contributed by atoms with Crippen molar-refractivity contribution in [3.8, 4) is 0 Å². The zero-order chi connectivity index (χ0) is 10.6. The number of carbonyl (C=O) groups is 1. The Bertz CT molecular complexity index is 173. The Morgan fingerprint density at radius 3 is 2.17 bits per heavy atom. The topological polar surface area (TPSA) is 118 Å². The predicted molar refractivity (Wildman–Crippen MR) is 37.2 cm³/mol. The van der Waals surface area contributed by atoms with Gasteiger partial charge in [-0.05, 0) is 0 Å². The lowest BCUT2D eigenvalue weighted by molar-refractivity contribution is -0.136. The number of aliphatic hydroxyl groups excluding tert-OH is 4. The number of hydrogen-bond donors (Lipinski definition) is 5. The molecule has 72 valence electrons. The molecule has 0 heterocycles. The third kappa shape index (κ3) is 2.84. The Hall–Kier alpha value is -0.530. The van der Waals surface area contributed by atoms with Gasteiger partial charge in [0.05, 0.1) is 7.98 Å². The van der Waals surface area contributed by atoms with Crippen LogP contribution in [0.4, 0.5) is 0 Å². The third-order valence-electron chi connectivity index (χ3n) is 1.29. The van der Waals surface area contributed by atoms with Crippen molar-refractivity contribution in [1.82, 2.24) is 0 Å². The lowest BCUT2D eigenvalue weighted by Gasteiger charge is -2.22. The fraction of sp³-hybridized carbons (Fsp3) is 0.833. The smallest absolute Gasteiger partial charge is 0.151 e. The molecule has 0 aromatic heterocycles. The van der Waals surface area contributed by atoms with Gasteiger partial charge in [0, 0.05) is 0 Å². The summed E-state index contributed by atoms with van der Waals surface area (Å²) in [5.41, 5.74) is 0. The molecule has 4 atom stereocenters. The molecule has 5 N–H and O–H groups in total. The quantitative estimate of drug-likeness (QED) is 0.223. The highest BCUT2D eigenvalue weighted by Gasteiger charge is 2.29. The zero-order valence-electron chi connectivity index (χ0n) is 7.16. The van der Waals surface area contributed by atoms with E-state index in [1.807, 2.05) is 0 Å². The van der Waals surface area contributed by atoms with Crippen LogP contribution in [-0.2, 0) is 4.79 Å². The van der Waals surface area contributed by atoms with Crippen LogP contribution in [0.5, 0.6) is 0 Å². The van der Waals surface area contributed by atoms with Crippen molar-refractivity contribution in [3.63, 3.8) is 0 Å². The van der Waals surface area contributed by atoms with Crippen molar-refractivity contribution in [2.75, 3.05) is 6.61 Å². The average Bonchev–Trinajstić information content (AvgIpc) is 2.13. The Morgan fingerprint density at radius 1 is 1.33 bits per heavy atom. The maximum atomic E-state index is 9.98. The first-order valence-electron chi connectivity index (χ1n) is 3.70. The molecule has 0 aliphatic carbocycles. The second-order valence-corrected chi connectivity index (χ2v) is 2.20. The van der Waals surface area contributed by atoms with E-state index in [2.05, 4.69) is 0 Å². The van der Waals surface area contributed by atoms with E-state index < -0.39 is 31.0 Å². The van der Waals surface area contributed by atoms with Crippen LogP contribution in [0.15, 0.2) is 0 Å². The van der Waals surface area contributed by atoms with Crippen LogP contribution < -0.4 is 0 Å². The predicted octanol–water partition coefficient (Wildman–Crippen LogP) is -3.38. The number of carbonyl (C=O) groups excluding carboxylic acids is 1. The van der Waals surface area contributed by atoms with Crippen molar-refractivity contribution in [3.05, 3.63) is 0 Å². The van der Waals surface area contributed by atoms with Crippen LogP contribution in [0.25, 0.3) is 0 Å². The fourth-order valence-corrected chi connectivity index (χ4v) is 0.542. The molecule has 0 aromatic carbocycles. The molecule has 0 spiro atoms. The standard InChI is InChI=1S/C6H12O6/c7-1-3(9)5(11)6(12)4(10)2-8/h1,3-6,8-12H,2H2/t3-,4+,5+,6+/m0/s1/i5+1D. The summed E-state index contributed by atoms with van der Waals surface area (Å²) in [6.45, 7) is -0.895. The van der Waals surface area contributed by atoms with Crippen molar-refractivity contribution in [2.45, 2.75) is 24.4 Å². The number of aldehydes is 1. The normalized spacial score (nSPS) is 24.9. The van der Waals surface area contributed by atoms with E-state index in [1.165, 1.54) is 0 Å². The maximum Gasteiger partial charge on any atom is 0.151 e. The molecule has 0 bridgehead atoms. The van der Waals surface area contributed by atoms with Crippen LogP contribution >= 0.6 is 0 Å². The molecule has 0 unspecified atom stereocenters. The molecule has 0 aliphatic heterocycles. The molecule has 12 heavy (non-hydrogen) atoms. The summed E-state index contributed by atoms with van der Waals surface area (Å²) in [7, 11) is 0. The second kappa shape index (κ2) is 5.18. The van der Waals surface area contributed by atoms with Gasteiger partial charge < -0.3 is 30.3 Å². The molecule has 0 saturated carbocycles. The van der Waals surface area contributed by atoms with E-state index in [9.17, 15) is 4.79 Å². The molecular weight excluding hydrogens is 169 g/mol. The fourth-order valence-electron chi connectivity index (χ4n) is 0.542. The molecule has 0 aliphatic rings. The highest BCUT2D eigenvalue weighted by Crippen LogP contribution is 2.02. The highest BCUT2D eigenvalue weighted by molar-refractivity contribution is 5.56. The molecule has 0 radical (unpaired) electrons.